The Labute approximate surface area is 185 Å². The molecule has 1 amide bonds. The van der Waals surface area contributed by atoms with Crippen LogP contribution < -0.4 is 24.8 Å². The number of carbonyl (C=O) groups is 1. The van der Waals surface area contributed by atoms with E-state index in [-0.39, 0.29) is 55.5 Å². The van der Waals surface area contributed by atoms with Crippen LogP contribution in [-0.4, -0.2) is 56.4 Å². The minimum absolute atomic E-state index is 0. The molecule has 8 nitrogen and oxygen atoms in total. The van der Waals surface area contributed by atoms with Crippen molar-refractivity contribution in [3.8, 4) is 17.2 Å². The molecule has 29 heavy (non-hydrogen) atoms. The Hall–Kier alpha value is -2.05. The maximum Gasteiger partial charge on any atom is 0.387 e. The molecule has 0 saturated carbocycles. The van der Waals surface area contributed by atoms with Crippen molar-refractivity contribution >= 4 is 35.8 Å². The number of hydrogen-bond donors (Lipinski definition) is 2. The summed E-state index contributed by atoms with van der Waals surface area (Å²) < 4.78 is 40.6. The summed E-state index contributed by atoms with van der Waals surface area (Å²) in [5.74, 6) is 1.20. The van der Waals surface area contributed by atoms with Crippen LogP contribution >= 0.6 is 24.0 Å². The minimum atomic E-state index is -2.97. The third kappa shape index (κ3) is 6.47. The highest BCUT2D eigenvalue weighted by Gasteiger charge is 2.20. The van der Waals surface area contributed by atoms with Crippen LogP contribution in [0.3, 0.4) is 0 Å². The maximum absolute atomic E-state index is 12.7. The first kappa shape index (κ1) is 23.2. The normalized spacial score (nSPS) is 15.3. The fourth-order valence-corrected chi connectivity index (χ4v) is 3.04. The number of rotatable bonds is 7. The van der Waals surface area contributed by atoms with Gasteiger partial charge in [0, 0.05) is 31.3 Å². The lowest BCUT2D eigenvalue weighted by molar-refractivity contribution is -0.128. The van der Waals surface area contributed by atoms with E-state index in [0.717, 1.165) is 25.9 Å². The second-order valence-electron chi connectivity index (χ2n) is 6.33. The Kier molecular flexibility index (Phi) is 8.99. The van der Waals surface area contributed by atoms with Crippen LogP contribution in [0.1, 0.15) is 25.3 Å². The van der Waals surface area contributed by atoms with Gasteiger partial charge in [-0.15, -0.1) is 24.0 Å². The summed E-state index contributed by atoms with van der Waals surface area (Å²) in [4.78, 5) is 18.4. The SMILES string of the molecule is CCNC(=NCc1cc2c(cc1OC(F)F)OCO2)NCC(=O)N1CCCC1.I. The van der Waals surface area contributed by atoms with E-state index in [2.05, 4.69) is 20.4 Å². The third-order valence-electron chi connectivity index (χ3n) is 4.39. The van der Waals surface area contributed by atoms with Gasteiger partial charge in [-0.05, 0) is 25.8 Å². The van der Waals surface area contributed by atoms with Gasteiger partial charge in [-0.2, -0.15) is 8.78 Å². The zero-order valence-corrected chi connectivity index (χ0v) is 18.4. The molecule has 0 aliphatic carbocycles. The van der Waals surface area contributed by atoms with E-state index >= 15 is 0 Å². The lowest BCUT2D eigenvalue weighted by atomic mass is 10.1. The van der Waals surface area contributed by atoms with E-state index in [9.17, 15) is 13.6 Å². The summed E-state index contributed by atoms with van der Waals surface area (Å²) in [5, 5.41) is 6.02. The fourth-order valence-electron chi connectivity index (χ4n) is 3.04. The van der Waals surface area contributed by atoms with E-state index < -0.39 is 6.61 Å². The number of halogens is 3. The number of benzene rings is 1. The number of likely N-dealkylation sites (tertiary alicyclic amines) is 1. The molecule has 0 aromatic heterocycles. The highest BCUT2D eigenvalue weighted by molar-refractivity contribution is 14.0. The van der Waals surface area contributed by atoms with Gasteiger partial charge in [0.15, 0.2) is 17.5 Å². The number of fused-ring (bicyclic) bond motifs is 1. The zero-order valence-electron chi connectivity index (χ0n) is 16.1. The number of ether oxygens (including phenoxy) is 3. The largest absolute Gasteiger partial charge is 0.454 e. The Balaban J connectivity index is 0.00000300. The first-order chi connectivity index (χ1) is 13.6. The number of amides is 1. The molecule has 11 heteroatoms. The monoisotopic (exact) mass is 526 g/mol. The predicted octanol–water partition coefficient (Wildman–Crippen LogP) is 2.31. The number of nitrogens with one attached hydrogen (secondary N) is 2. The maximum atomic E-state index is 12.7. The van der Waals surface area contributed by atoms with E-state index in [4.69, 9.17) is 9.47 Å². The second-order valence-corrected chi connectivity index (χ2v) is 6.33. The van der Waals surface area contributed by atoms with Gasteiger partial charge >= 0.3 is 6.61 Å². The topological polar surface area (TPSA) is 84.4 Å². The van der Waals surface area contributed by atoms with Gasteiger partial charge in [0.2, 0.25) is 12.7 Å². The third-order valence-corrected chi connectivity index (χ3v) is 4.39. The number of hydrogen-bond acceptors (Lipinski definition) is 5. The summed E-state index contributed by atoms with van der Waals surface area (Å²) in [7, 11) is 0. The standard InChI is InChI=1S/C18H24F2N4O4.HI/c1-2-21-18(23-10-16(25)24-5-3-4-6-24)22-9-12-7-14-15(27-11-26-14)8-13(12)28-17(19)20;/h7-8,17H,2-6,9-11H2,1H3,(H2,21,22,23);1H. The van der Waals surface area contributed by atoms with E-state index in [1.54, 1.807) is 6.07 Å². The molecule has 0 bridgehead atoms. The van der Waals surface area contributed by atoms with Crippen LogP contribution in [0.2, 0.25) is 0 Å². The van der Waals surface area contributed by atoms with Crippen LogP contribution in [0.5, 0.6) is 17.2 Å². The molecule has 0 unspecified atom stereocenters. The molecule has 162 valence electrons. The van der Waals surface area contributed by atoms with E-state index in [1.165, 1.54) is 6.07 Å². The van der Waals surface area contributed by atoms with Crippen LogP contribution in [0.25, 0.3) is 0 Å². The Morgan fingerprint density at radius 2 is 1.93 bits per heavy atom. The number of nitrogens with zero attached hydrogens (tertiary/aromatic N) is 2. The van der Waals surface area contributed by atoms with Crippen LogP contribution in [-0.2, 0) is 11.3 Å². The molecule has 2 N–H and O–H groups in total. The Bertz CT molecular complexity index is 730. The lowest BCUT2D eigenvalue weighted by Gasteiger charge is -2.17. The molecule has 0 spiro atoms. The van der Waals surface area contributed by atoms with Gasteiger partial charge in [0.1, 0.15) is 5.75 Å². The van der Waals surface area contributed by atoms with Gasteiger partial charge in [-0.1, -0.05) is 0 Å². The first-order valence-electron chi connectivity index (χ1n) is 9.24. The van der Waals surface area contributed by atoms with E-state index in [0.29, 0.717) is 29.6 Å². The van der Waals surface area contributed by atoms with Crippen molar-refractivity contribution in [2.45, 2.75) is 32.9 Å². The number of alkyl halides is 2. The number of guanidine groups is 1. The zero-order chi connectivity index (χ0) is 19.9. The summed E-state index contributed by atoms with van der Waals surface area (Å²) in [6.07, 6.45) is 2.05. The number of aliphatic imine (C=N–C) groups is 1. The van der Waals surface area contributed by atoms with Crippen molar-refractivity contribution < 1.29 is 27.8 Å². The highest BCUT2D eigenvalue weighted by Crippen LogP contribution is 2.39. The molecule has 2 aliphatic heterocycles. The molecule has 2 aliphatic rings. The first-order valence-corrected chi connectivity index (χ1v) is 9.24. The van der Waals surface area contributed by atoms with Crippen LogP contribution in [0.15, 0.2) is 17.1 Å². The van der Waals surface area contributed by atoms with Crippen molar-refractivity contribution in [1.82, 2.24) is 15.5 Å². The Morgan fingerprint density at radius 1 is 1.24 bits per heavy atom. The van der Waals surface area contributed by atoms with Gasteiger partial charge < -0.3 is 29.7 Å². The van der Waals surface area contributed by atoms with Gasteiger partial charge in [0.25, 0.3) is 0 Å². The average molecular weight is 526 g/mol. The van der Waals surface area contributed by atoms with Crippen molar-refractivity contribution in [1.29, 1.82) is 0 Å². The summed E-state index contributed by atoms with van der Waals surface area (Å²) in [5.41, 5.74) is 0.424. The Morgan fingerprint density at radius 3 is 2.59 bits per heavy atom. The highest BCUT2D eigenvalue weighted by atomic mass is 127. The molecule has 1 aromatic rings. The quantitative estimate of drug-likeness (QED) is 0.323. The molecular weight excluding hydrogens is 501 g/mol. The van der Waals surface area contributed by atoms with Crippen molar-refractivity contribution in [2.24, 2.45) is 4.99 Å². The molecular formula is C18H25F2IN4O4. The second kappa shape index (κ2) is 11.2. The van der Waals surface area contributed by atoms with Crippen LogP contribution in [0.4, 0.5) is 8.78 Å². The molecule has 1 saturated heterocycles. The number of carbonyl (C=O) groups excluding carboxylic acids is 1. The lowest BCUT2D eigenvalue weighted by Crippen LogP contribution is -2.44. The summed E-state index contributed by atoms with van der Waals surface area (Å²) >= 11 is 0. The molecule has 3 rings (SSSR count). The fraction of sp³-hybridized carbons (Fsp3) is 0.556. The van der Waals surface area contributed by atoms with Crippen molar-refractivity contribution in [3.05, 3.63) is 17.7 Å². The summed E-state index contributed by atoms with van der Waals surface area (Å²) in [6, 6.07) is 2.94. The van der Waals surface area contributed by atoms with Gasteiger partial charge in [-0.3, -0.25) is 4.79 Å². The predicted molar refractivity (Wildman–Crippen MR) is 113 cm³/mol. The molecule has 0 atom stereocenters. The van der Waals surface area contributed by atoms with Crippen molar-refractivity contribution in [3.63, 3.8) is 0 Å². The average Bonchev–Trinajstić information content (AvgIpc) is 3.34. The molecule has 0 radical (unpaired) electrons. The molecule has 2 heterocycles. The van der Waals surface area contributed by atoms with E-state index in [1.807, 2.05) is 11.8 Å². The summed E-state index contributed by atoms with van der Waals surface area (Å²) in [6.45, 7) is 1.28. The van der Waals surface area contributed by atoms with Gasteiger partial charge in [-0.25, -0.2) is 4.99 Å². The minimum Gasteiger partial charge on any atom is -0.454 e. The van der Waals surface area contributed by atoms with Crippen molar-refractivity contribution in [2.75, 3.05) is 33.0 Å². The molecule has 1 fully saturated rings. The van der Waals surface area contributed by atoms with Crippen LogP contribution in [0, 0.1) is 0 Å². The van der Waals surface area contributed by atoms with Gasteiger partial charge in [0.05, 0.1) is 13.1 Å². The smallest absolute Gasteiger partial charge is 0.387 e. The molecule has 1 aromatic carbocycles.